The first-order chi connectivity index (χ1) is 9.83. The van der Waals surface area contributed by atoms with E-state index in [1.54, 1.807) is 6.20 Å². The van der Waals surface area contributed by atoms with Crippen LogP contribution in [-0.2, 0) is 6.54 Å². The third-order valence-corrected chi connectivity index (χ3v) is 2.79. The van der Waals surface area contributed by atoms with E-state index in [-0.39, 0.29) is 0 Å². The molecule has 0 aromatic carbocycles. The van der Waals surface area contributed by atoms with E-state index in [1.807, 2.05) is 46.2 Å². The summed E-state index contributed by atoms with van der Waals surface area (Å²) >= 11 is 4.99. The Labute approximate surface area is 124 Å². The molecule has 0 amide bonds. The normalized spacial score (nSPS) is 9.40. The summed E-state index contributed by atoms with van der Waals surface area (Å²) in [7, 11) is 0. The quantitative estimate of drug-likeness (QED) is 0.682. The molecule has 3 aromatic rings. The molecule has 20 heavy (non-hydrogen) atoms. The lowest BCUT2D eigenvalue weighted by atomic mass is 10.3. The van der Waals surface area contributed by atoms with E-state index < -0.39 is 0 Å². The molecule has 5 heteroatoms. The zero-order valence-electron chi connectivity index (χ0n) is 12.5. The van der Waals surface area contributed by atoms with Gasteiger partial charge in [0.2, 0.25) is 0 Å². The zero-order valence-corrected chi connectivity index (χ0v) is 13.3. The van der Waals surface area contributed by atoms with Crippen molar-refractivity contribution in [3.63, 3.8) is 0 Å². The summed E-state index contributed by atoms with van der Waals surface area (Å²) in [5, 5.41) is 1.20. The Morgan fingerprint density at radius 2 is 1.95 bits per heavy atom. The van der Waals surface area contributed by atoms with Crippen LogP contribution in [0.25, 0.3) is 10.9 Å². The second kappa shape index (κ2) is 8.32. The fourth-order valence-electron chi connectivity index (χ4n) is 1.81. The molecule has 3 heterocycles. The van der Waals surface area contributed by atoms with Crippen LogP contribution in [0.5, 0.6) is 0 Å². The fourth-order valence-corrected chi connectivity index (χ4v) is 2.00. The second-order valence-corrected chi connectivity index (χ2v) is 4.05. The van der Waals surface area contributed by atoms with Gasteiger partial charge in [-0.05, 0) is 24.4 Å². The van der Waals surface area contributed by atoms with Gasteiger partial charge in [0.25, 0.3) is 0 Å². The number of fused-ring (bicyclic) bond motifs is 1. The average molecular weight is 290 g/mol. The molecule has 3 aromatic heterocycles. The highest BCUT2D eigenvalue weighted by molar-refractivity contribution is 7.71. The van der Waals surface area contributed by atoms with E-state index in [9.17, 15) is 0 Å². The molecular formula is C15H22N4S. The summed E-state index contributed by atoms with van der Waals surface area (Å²) in [5.41, 5.74) is 2.19. The van der Waals surface area contributed by atoms with Gasteiger partial charge >= 0.3 is 0 Å². The molecule has 0 aliphatic carbocycles. The lowest BCUT2D eigenvalue weighted by Crippen LogP contribution is -1.97. The minimum absolute atomic E-state index is 0.657. The summed E-state index contributed by atoms with van der Waals surface area (Å²) < 4.78 is 2.79. The molecule has 0 fully saturated rings. The van der Waals surface area contributed by atoms with Crippen LogP contribution in [0.1, 0.15) is 33.4 Å². The van der Waals surface area contributed by atoms with Crippen molar-refractivity contribution < 1.29 is 0 Å². The lowest BCUT2D eigenvalue weighted by molar-refractivity contribution is 0.812. The number of H-pyrrole nitrogens is 2. The molecule has 4 nitrogen and oxygen atoms in total. The van der Waals surface area contributed by atoms with Crippen LogP contribution < -0.4 is 0 Å². The Hall–Kier alpha value is -1.88. The molecule has 0 radical (unpaired) electrons. The van der Waals surface area contributed by atoms with Gasteiger partial charge in [-0.3, -0.25) is 4.98 Å². The number of nitrogens with zero attached hydrogens (tertiary/aromatic N) is 2. The Morgan fingerprint density at radius 3 is 2.60 bits per heavy atom. The van der Waals surface area contributed by atoms with Gasteiger partial charge in [-0.1, -0.05) is 27.7 Å². The van der Waals surface area contributed by atoms with Crippen LogP contribution in [0.2, 0.25) is 0 Å². The number of aromatic amines is 2. The van der Waals surface area contributed by atoms with Crippen LogP contribution in [0.15, 0.2) is 36.9 Å². The fraction of sp³-hybridized carbons (Fsp3) is 0.333. The first-order valence-electron chi connectivity index (χ1n) is 6.98. The number of nitrogens with one attached hydrogen (secondary N) is 2. The number of hydrogen-bond acceptors (Lipinski definition) is 2. The van der Waals surface area contributed by atoms with Crippen LogP contribution in [0.4, 0.5) is 0 Å². The maximum Gasteiger partial charge on any atom is 0.174 e. The Kier molecular flexibility index (Phi) is 6.73. The summed E-state index contributed by atoms with van der Waals surface area (Å²) in [6.07, 6.45) is 7.62. The Bertz CT molecular complexity index is 678. The third kappa shape index (κ3) is 3.81. The summed E-state index contributed by atoms with van der Waals surface area (Å²) in [6, 6.07) is 4.09. The molecule has 0 bridgehead atoms. The highest BCUT2D eigenvalue weighted by Gasteiger charge is 2.01. The molecule has 0 saturated carbocycles. The van der Waals surface area contributed by atoms with Crippen LogP contribution in [0.3, 0.4) is 0 Å². The molecule has 0 atom stereocenters. The number of imidazole rings is 1. The topological polar surface area (TPSA) is 49.4 Å². The predicted octanol–water partition coefficient (Wildman–Crippen LogP) is 4.52. The van der Waals surface area contributed by atoms with Crippen molar-refractivity contribution in [3.8, 4) is 0 Å². The van der Waals surface area contributed by atoms with E-state index in [4.69, 9.17) is 12.2 Å². The van der Waals surface area contributed by atoms with Gasteiger partial charge in [-0.25, -0.2) is 0 Å². The first kappa shape index (κ1) is 16.2. The number of aromatic nitrogens is 4. The molecule has 2 N–H and O–H groups in total. The molecule has 0 spiro atoms. The minimum Gasteiger partial charge on any atom is -0.340 e. The van der Waals surface area contributed by atoms with Gasteiger partial charge in [0.15, 0.2) is 4.77 Å². The van der Waals surface area contributed by atoms with Crippen LogP contribution in [0, 0.1) is 4.77 Å². The van der Waals surface area contributed by atoms with Gasteiger partial charge in [0.05, 0.1) is 24.0 Å². The zero-order chi connectivity index (χ0) is 15.0. The van der Waals surface area contributed by atoms with E-state index in [0.29, 0.717) is 4.77 Å². The number of hydrogen-bond donors (Lipinski definition) is 2. The molecule has 0 saturated heterocycles. The minimum atomic E-state index is 0.657. The molecule has 0 unspecified atom stereocenters. The maximum atomic E-state index is 4.99. The van der Waals surface area contributed by atoms with Crippen molar-refractivity contribution in [1.82, 2.24) is 19.5 Å². The van der Waals surface area contributed by atoms with Crippen molar-refractivity contribution >= 4 is 23.1 Å². The standard InChI is InChI=1S/C11H10N4S.2C2H6/c16-11-13-5-9(14-11)7-15-4-2-8-1-3-12-6-10(8)15;2*1-2/h1-6H,7H2,(H2,13,14,16);2*1-2H3. The van der Waals surface area contributed by atoms with Gasteiger partial charge in [0.1, 0.15) is 0 Å². The van der Waals surface area contributed by atoms with Crippen molar-refractivity contribution in [1.29, 1.82) is 0 Å². The first-order valence-corrected chi connectivity index (χ1v) is 7.39. The Balaban J connectivity index is 0.000000461. The van der Waals surface area contributed by atoms with E-state index in [0.717, 1.165) is 17.8 Å². The van der Waals surface area contributed by atoms with Crippen LogP contribution in [-0.4, -0.2) is 19.5 Å². The van der Waals surface area contributed by atoms with Gasteiger partial charge in [0, 0.05) is 24.0 Å². The molecule has 3 rings (SSSR count). The SMILES string of the molecule is CC.CC.S=c1[nH]cc(Cn2ccc3ccncc32)[nH]1. The van der Waals surface area contributed by atoms with Crippen molar-refractivity contribution in [2.24, 2.45) is 0 Å². The van der Waals surface area contributed by atoms with Crippen molar-refractivity contribution in [2.75, 3.05) is 0 Å². The van der Waals surface area contributed by atoms with Crippen molar-refractivity contribution in [2.45, 2.75) is 34.2 Å². The summed E-state index contributed by atoms with van der Waals surface area (Å²) in [4.78, 5) is 10.2. The summed E-state index contributed by atoms with van der Waals surface area (Å²) in [5.74, 6) is 0. The molecule has 108 valence electrons. The van der Waals surface area contributed by atoms with E-state index >= 15 is 0 Å². The largest absolute Gasteiger partial charge is 0.340 e. The third-order valence-electron chi connectivity index (χ3n) is 2.57. The smallest absolute Gasteiger partial charge is 0.174 e. The van der Waals surface area contributed by atoms with E-state index in [2.05, 4.69) is 31.8 Å². The highest BCUT2D eigenvalue weighted by Crippen LogP contribution is 2.14. The second-order valence-electron chi connectivity index (χ2n) is 3.65. The average Bonchev–Trinajstić information content (AvgIpc) is 3.11. The van der Waals surface area contributed by atoms with Gasteiger partial charge in [-0.15, -0.1) is 0 Å². The molecule has 0 aliphatic rings. The number of pyridine rings is 1. The highest BCUT2D eigenvalue weighted by atomic mass is 32.1. The summed E-state index contributed by atoms with van der Waals surface area (Å²) in [6.45, 7) is 8.77. The van der Waals surface area contributed by atoms with Gasteiger partial charge < -0.3 is 14.5 Å². The van der Waals surface area contributed by atoms with Gasteiger partial charge in [-0.2, -0.15) is 0 Å². The molecular weight excluding hydrogens is 268 g/mol. The Morgan fingerprint density at radius 1 is 1.20 bits per heavy atom. The van der Waals surface area contributed by atoms with Crippen molar-refractivity contribution in [3.05, 3.63) is 47.4 Å². The monoisotopic (exact) mass is 290 g/mol. The predicted molar refractivity (Wildman–Crippen MR) is 87.5 cm³/mol. The molecule has 0 aliphatic heterocycles. The number of rotatable bonds is 2. The maximum absolute atomic E-state index is 4.99. The van der Waals surface area contributed by atoms with Crippen LogP contribution >= 0.6 is 12.2 Å². The lowest BCUT2D eigenvalue weighted by Gasteiger charge is -2.02. The van der Waals surface area contributed by atoms with E-state index in [1.165, 1.54) is 5.39 Å².